The van der Waals surface area contributed by atoms with Crippen LogP contribution in [0.25, 0.3) is 10.9 Å². The number of methoxy groups -OCH3 is 1. The van der Waals surface area contributed by atoms with E-state index in [2.05, 4.69) is 0 Å². The van der Waals surface area contributed by atoms with Crippen molar-refractivity contribution < 1.29 is 23.5 Å². The molecule has 0 atom stereocenters. The van der Waals surface area contributed by atoms with Crippen LogP contribution in [-0.2, 0) is 4.79 Å². The first-order valence-corrected chi connectivity index (χ1v) is 8.44. The molecule has 5 nitrogen and oxygen atoms in total. The Morgan fingerprint density at radius 1 is 1.04 bits per heavy atom. The summed E-state index contributed by atoms with van der Waals surface area (Å²) in [5.41, 5.74) is 2.67. The topological polar surface area (TPSA) is 57.5 Å². The zero-order chi connectivity index (χ0) is 19.9. The van der Waals surface area contributed by atoms with Gasteiger partial charge in [0, 0.05) is 24.1 Å². The van der Waals surface area contributed by atoms with Crippen molar-refractivity contribution in [2.45, 2.75) is 27.7 Å². The fourth-order valence-electron chi connectivity index (χ4n) is 3.27. The summed E-state index contributed by atoms with van der Waals surface area (Å²) in [5.74, 6) is -1.17. The Bertz CT molecular complexity index is 1060. The number of carbonyl (C=O) groups is 2. The number of rotatable bonds is 3. The lowest BCUT2D eigenvalue weighted by Gasteiger charge is -2.10. The van der Waals surface area contributed by atoms with Crippen molar-refractivity contribution in [3.05, 3.63) is 58.5 Å². The molecule has 0 aliphatic carbocycles. The van der Waals surface area contributed by atoms with E-state index < -0.39 is 11.8 Å². The summed E-state index contributed by atoms with van der Waals surface area (Å²) >= 11 is 0. The number of benzene rings is 2. The summed E-state index contributed by atoms with van der Waals surface area (Å²) in [5, 5.41) is 0.474. The minimum absolute atomic E-state index is 0.0517. The van der Waals surface area contributed by atoms with E-state index in [0.717, 1.165) is 5.56 Å². The summed E-state index contributed by atoms with van der Waals surface area (Å²) in [4.78, 5) is 24.7. The van der Waals surface area contributed by atoms with Gasteiger partial charge < -0.3 is 9.47 Å². The van der Waals surface area contributed by atoms with Crippen molar-refractivity contribution in [2.24, 2.45) is 0 Å². The zero-order valence-corrected chi connectivity index (χ0v) is 15.8. The predicted molar refractivity (Wildman–Crippen MR) is 100 cm³/mol. The molecule has 6 heteroatoms. The summed E-state index contributed by atoms with van der Waals surface area (Å²) in [6.45, 7) is 6.53. The first kappa shape index (κ1) is 18.6. The highest BCUT2D eigenvalue weighted by molar-refractivity contribution is 6.06. The molecule has 0 spiro atoms. The fraction of sp³-hybridized carbons (Fsp3) is 0.238. The van der Waals surface area contributed by atoms with Crippen LogP contribution in [0.15, 0.2) is 30.3 Å². The van der Waals surface area contributed by atoms with Crippen LogP contribution in [0.3, 0.4) is 0 Å². The average Bonchev–Trinajstić information content (AvgIpc) is 2.86. The van der Waals surface area contributed by atoms with E-state index in [4.69, 9.17) is 9.47 Å². The predicted octanol–water partition coefficient (Wildman–Crippen LogP) is 4.33. The number of halogens is 1. The molecule has 140 valence electrons. The highest BCUT2D eigenvalue weighted by atomic mass is 19.1. The van der Waals surface area contributed by atoms with Gasteiger partial charge in [0.2, 0.25) is 0 Å². The largest absolute Gasteiger partial charge is 0.493 e. The number of aromatic nitrogens is 1. The van der Waals surface area contributed by atoms with E-state index in [1.807, 2.05) is 19.1 Å². The first-order chi connectivity index (χ1) is 12.8. The molecule has 0 bridgehead atoms. The highest BCUT2D eigenvalue weighted by Crippen LogP contribution is 2.40. The van der Waals surface area contributed by atoms with Crippen LogP contribution >= 0.6 is 0 Å². The molecule has 0 saturated heterocycles. The number of hydrogen-bond acceptors (Lipinski definition) is 4. The van der Waals surface area contributed by atoms with Crippen LogP contribution in [0.1, 0.15) is 34.1 Å². The Balaban J connectivity index is 2.35. The Morgan fingerprint density at radius 3 is 2.22 bits per heavy atom. The fourth-order valence-corrected chi connectivity index (χ4v) is 3.27. The molecule has 0 saturated carbocycles. The van der Waals surface area contributed by atoms with Gasteiger partial charge in [0.1, 0.15) is 0 Å². The maximum atomic E-state index is 14.5. The van der Waals surface area contributed by atoms with Crippen LogP contribution in [-0.4, -0.2) is 23.6 Å². The number of ether oxygens (including phenoxy) is 2. The molecule has 0 N–H and O–H groups in total. The molecular formula is C21H20FNO4. The molecule has 1 aromatic heterocycles. The van der Waals surface area contributed by atoms with Crippen molar-refractivity contribution in [2.75, 3.05) is 7.11 Å². The van der Waals surface area contributed by atoms with E-state index in [1.54, 1.807) is 26.0 Å². The number of hydrogen-bond donors (Lipinski definition) is 0. The zero-order valence-electron chi connectivity index (χ0n) is 15.8. The van der Waals surface area contributed by atoms with Crippen LogP contribution in [0.4, 0.5) is 4.39 Å². The molecule has 0 amide bonds. The molecule has 0 unspecified atom stereocenters. The Morgan fingerprint density at radius 2 is 1.67 bits per heavy atom. The molecule has 0 radical (unpaired) electrons. The van der Waals surface area contributed by atoms with Gasteiger partial charge in [-0.2, -0.15) is 0 Å². The third-order valence-electron chi connectivity index (χ3n) is 4.54. The van der Waals surface area contributed by atoms with Crippen molar-refractivity contribution in [3.8, 4) is 11.5 Å². The monoisotopic (exact) mass is 369 g/mol. The lowest BCUT2D eigenvalue weighted by atomic mass is 10.1. The first-order valence-electron chi connectivity index (χ1n) is 8.44. The summed E-state index contributed by atoms with van der Waals surface area (Å²) in [7, 11) is 1.37. The molecule has 27 heavy (non-hydrogen) atoms. The van der Waals surface area contributed by atoms with E-state index in [1.165, 1.54) is 24.7 Å². The van der Waals surface area contributed by atoms with Crippen molar-refractivity contribution in [1.29, 1.82) is 0 Å². The number of esters is 1. The SMILES string of the molecule is COc1c(F)cc2c(c1C)c(OC(C)=O)c(C)n2C(=O)c1ccc(C)cc1. The normalized spacial score (nSPS) is 10.9. The molecule has 2 aromatic carbocycles. The molecule has 0 aliphatic rings. The van der Waals surface area contributed by atoms with Crippen molar-refractivity contribution in [1.82, 2.24) is 4.57 Å². The second-order valence-corrected chi connectivity index (χ2v) is 6.43. The van der Waals surface area contributed by atoms with E-state index in [-0.39, 0.29) is 17.4 Å². The van der Waals surface area contributed by atoms with Gasteiger partial charge in [-0.3, -0.25) is 14.2 Å². The third-order valence-corrected chi connectivity index (χ3v) is 4.54. The van der Waals surface area contributed by atoms with Gasteiger partial charge in [-0.25, -0.2) is 4.39 Å². The van der Waals surface area contributed by atoms with Crippen molar-refractivity contribution >= 4 is 22.8 Å². The summed E-state index contributed by atoms with van der Waals surface area (Å²) in [6, 6.07) is 8.31. The van der Waals surface area contributed by atoms with Gasteiger partial charge in [0.25, 0.3) is 5.91 Å². The van der Waals surface area contributed by atoms with Gasteiger partial charge in [0.15, 0.2) is 17.3 Å². The number of fused-ring (bicyclic) bond motifs is 1. The summed E-state index contributed by atoms with van der Waals surface area (Å²) < 4.78 is 26.4. The molecule has 3 aromatic rings. The summed E-state index contributed by atoms with van der Waals surface area (Å²) in [6.07, 6.45) is 0. The Hall–Kier alpha value is -3.15. The van der Waals surface area contributed by atoms with E-state index in [9.17, 15) is 14.0 Å². The van der Waals surface area contributed by atoms with Gasteiger partial charge in [-0.05, 0) is 32.9 Å². The van der Waals surface area contributed by atoms with Crippen LogP contribution in [0.5, 0.6) is 11.5 Å². The number of carbonyl (C=O) groups excluding carboxylic acids is 2. The minimum Gasteiger partial charge on any atom is -0.493 e. The van der Waals surface area contributed by atoms with Crippen molar-refractivity contribution in [3.63, 3.8) is 0 Å². The second-order valence-electron chi connectivity index (χ2n) is 6.43. The maximum absolute atomic E-state index is 14.5. The third kappa shape index (κ3) is 3.07. The van der Waals surface area contributed by atoms with Gasteiger partial charge in [-0.15, -0.1) is 0 Å². The minimum atomic E-state index is -0.590. The van der Waals surface area contributed by atoms with Crippen LogP contribution in [0.2, 0.25) is 0 Å². The standard InChI is InChI=1S/C21H20FNO4/c1-11-6-8-15(9-7-11)21(25)23-13(3)20(27-14(4)24)18-12(2)19(26-5)16(22)10-17(18)23/h6-10H,1-5H3. The number of aryl methyl sites for hydroxylation is 2. The van der Waals surface area contributed by atoms with Gasteiger partial charge in [0.05, 0.1) is 23.7 Å². The lowest BCUT2D eigenvalue weighted by molar-refractivity contribution is -0.131. The second kappa shape index (κ2) is 6.87. The molecule has 0 fully saturated rings. The smallest absolute Gasteiger partial charge is 0.308 e. The Kier molecular flexibility index (Phi) is 4.74. The average molecular weight is 369 g/mol. The number of nitrogens with zero attached hydrogens (tertiary/aromatic N) is 1. The quantitative estimate of drug-likeness (QED) is 0.645. The lowest BCUT2D eigenvalue weighted by Crippen LogP contribution is -2.14. The molecule has 3 rings (SSSR count). The van der Waals surface area contributed by atoms with E-state index in [0.29, 0.717) is 27.7 Å². The maximum Gasteiger partial charge on any atom is 0.308 e. The molecular weight excluding hydrogens is 349 g/mol. The Labute approximate surface area is 156 Å². The van der Waals surface area contributed by atoms with Gasteiger partial charge >= 0.3 is 5.97 Å². The van der Waals surface area contributed by atoms with Gasteiger partial charge in [-0.1, -0.05) is 17.7 Å². The molecule has 1 heterocycles. The molecule has 0 aliphatic heterocycles. The van der Waals surface area contributed by atoms with E-state index >= 15 is 0 Å². The van der Waals surface area contributed by atoms with Crippen LogP contribution in [0, 0.1) is 26.6 Å². The van der Waals surface area contributed by atoms with Crippen LogP contribution < -0.4 is 9.47 Å². The highest BCUT2D eigenvalue weighted by Gasteiger charge is 2.26.